The number of carbonyl (C=O) groups excluding carboxylic acids is 1. The third kappa shape index (κ3) is 3.85. The van der Waals surface area contributed by atoms with Crippen LogP contribution in [0.4, 0.5) is 0 Å². The predicted octanol–water partition coefficient (Wildman–Crippen LogP) is 1.87. The van der Waals surface area contributed by atoms with E-state index in [0.717, 1.165) is 5.69 Å². The predicted molar refractivity (Wildman–Crippen MR) is 93.8 cm³/mol. The topological polar surface area (TPSA) is 101 Å². The third-order valence-electron chi connectivity index (χ3n) is 4.46. The van der Waals surface area contributed by atoms with Gasteiger partial charge in [0.05, 0.1) is 6.10 Å². The number of nitrogens with one attached hydrogen (secondary N) is 1. The number of pyridine rings is 1. The third-order valence-corrected chi connectivity index (χ3v) is 4.46. The number of ether oxygens (including phenoxy) is 1. The highest BCUT2D eigenvalue weighted by molar-refractivity contribution is 5.94. The highest BCUT2D eigenvalue weighted by Gasteiger charge is 2.39. The zero-order valence-electron chi connectivity index (χ0n) is 15.5. The first-order valence-corrected chi connectivity index (χ1v) is 8.74. The monoisotopic (exact) mass is 360 g/mol. The number of rotatable bonds is 5. The molecule has 0 saturated carbocycles. The van der Waals surface area contributed by atoms with Gasteiger partial charge in [0.25, 0.3) is 5.91 Å². The van der Waals surface area contributed by atoms with E-state index in [4.69, 9.17) is 9.15 Å². The minimum atomic E-state index is -0.360. The SMILES string of the molecule is CO[C@@H]1C[C@H](c2nnc(C)o2)N(C(=O)c2cc(CC(C)C)[nH]c(=O)c2)C1. The Kier molecular flexibility index (Phi) is 5.22. The number of likely N-dealkylation sites (tertiary alicyclic amines) is 1. The molecule has 1 N–H and O–H groups in total. The fraction of sp³-hybridized carbons (Fsp3) is 0.556. The van der Waals surface area contributed by atoms with Crippen LogP contribution in [0.2, 0.25) is 0 Å². The molecule has 8 heteroatoms. The summed E-state index contributed by atoms with van der Waals surface area (Å²) >= 11 is 0. The number of hydrogen-bond acceptors (Lipinski definition) is 6. The molecular formula is C18H24N4O4. The van der Waals surface area contributed by atoms with Crippen molar-refractivity contribution in [3.05, 3.63) is 45.5 Å². The Morgan fingerprint density at radius 1 is 1.42 bits per heavy atom. The molecule has 1 aliphatic heterocycles. The summed E-state index contributed by atoms with van der Waals surface area (Å²) < 4.78 is 11.0. The lowest BCUT2D eigenvalue weighted by Crippen LogP contribution is -2.33. The average Bonchev–Trinajstić information content (AvgIpc) is 3.18. The molecule has 2 atom stereocenters. The number of hydrogen-bond donors (Lipinski definition) is 1. The molecule has 140 valence electrons. The molecule has 0 spiro atoms. The molecule has 2 aromatic rings. The summed E-state index contributed by atoms with van der Waals surface area (Å²) in [7, 11) is 1.61. The lowest BCUT2D eigenvalue weighted by Gasteiger charge is -2.22. The molecule has 0 radical (unpaired) electrons. The summed E-state index contributed by atoms with van der Waals surface area (Å²) in [6.07, 6.45) is 1.16. The van der Waals surface area contributed by atoms with Crippen molar-refractivity contribution in [1.82, 2.24) is 20.1 Å². The normalized spacial score (nSPS) is 20.1. The van der Waals surface area contributed by atoms with Crippen LogP contribution in [0.15, 0.2) is 21.3 Å². The van der Waals surface area contributed by atoms with E-state index in [0.29, 0.717) is 42.6 Å². The fourth-order valence-electron chi connectivity index (χ4n) is 3.31. The first-order chi connectivity index (χ1) is 12.4. The maximum Gasteiger partial charge on any atom is 0.254 e. The van der Waals surface area contributed by atoms with Crippen molar-refractivity contribution in [2.24, 2.45) is 5.92 Å². The summed E-state index contributed by atoms with van der Waals surface area (Å²) in [4.78, 5) is 29.6. The van der Waals surface area contributed by atoms with Crippen LogP contribution >= 0.6 is 0 Å². The second-order valence-corrected chi connectivity index (χ2v) is 7.08. The highest BCUT2D eigenvalue weighted by atomic mass is 16.5. The summed E-state index contributed by atoms with van der Waals surface area (Å²) in [6.45, 7) is 6.24. The van der Waals surface area contributed by atoms with Crippen LogP contribution in [0, 0.1) is 12.8 Å². The van der Waals surface area contributed by atoms with E-state index in [2.05, 4.69) is 29.0 Å². The molecule has 0 bridgehead atoms. The van der Waals surface area contributed by atoms with Crippen LogP contribution in [0.25, 0.3) is 0 Å². The van der Waals surface area contributed by atoms with Crippen molar-refractivity contribution in [3.8, 4) is 0 Å². The zero-order valence-corrected chi connectivity index (χ0v) is 15.5. The van der Waals surface area contributed by atoms with Gasteiger partial charge in [0.1, 0.15) is 6.04 Å². The lowest BCUT2D eigenvalue weighted by atomic mass is 10.1. The molecule has 0 aliphatic carbocycles. The first kappa shape index (κ1) is 18.3. The number of nitrogens with zero attached hydrogens (tertiary/aromatic N) is 3. The van der Waals surface area contributed by atoms with Crippen LogP contribution in [0.5, 0.6) is 0 Å². The Morgan fingerprint density at radius 3 is 2.81 bits per heavy atom. The van der Waals surface area contributed by atoms with Crippen molar-refractivity contribution >= 4 is 5.91 Å². The number of methoxy groups -OCH3 is 1. The van der Waals surface area contributed by atoms with E-state index < -0.39 is 0 Å². The van der Waals surface area contributed by atoms with Crippen LogP contribution in [0.3, 0.4) is 0 Å². The number of aromatic nitrogens is 3. The Balaban J connectivity index is 1.91. The summed E-state index contributed by atoms with van der Waals surface area (Å²) in [6, 6.07) is 2.73. The van der Waals surface area contributed by atoms with Gasteiger partial charge in [-0.2, -0.15) is 0 Å². The van der Waals surface area contributed by atoms with E-state index in [1.54, 1.807) is 25.0 Å². The minimum Gasteiger partial charge on any atom is -0.423 e. The molecular weight excluding hydrogens is 336 g/mol. The van der Waals surface area contributed by atoms with E-state index in [9.17, 15) is 9.59 Å². The second kappa shape index (κ2) is 7.41. The van der Waals surface area contributed by atoms with Crippen molar-refractivity contribution in [3.63, 3.8) is 0 Å². The fourth-order valence-corrected chi connectivity index (χ4v) is 3.31. The maximum absolute atomic E-state index is 13.1. The molecule has 1 fully saturated rings. The molecule has 26 heavy (non-hydrogen) atoms. The second-order valence-electron chi connectivity index (χ2n) is 7.08. The molecule has 1 amide bonds. The molecule has 8 nitrogen and oxygen atoms in total. The van der Waals surface area contributed by atoms with E-state index in [1.165, 1.54) is 6.07 Å². The van der Waals surface area contributed by atoms with Crippen LogP contribution in [-0.4, -0.2) is 45.7 Å². The van der Waals surface area contributed by atoms with Gasteiger partial charge in [-0.25, -0.2) is 0 Å². The molecule has 0 unspecified atom stereocenters. The molecule has 0 aromatic carbocycles. The summed E-state index contributed by atoms with van der Waals surface area (Å²) in [5.74, 6) is 0.975. The van der Waals surface area contributed by atoms with Crippen LogP contribution in [0.1, 0.15) is 54.1 Å². The lowest BCUT2D eigenvalue weighted by molar-refractivity contribution is 0.0673. The summed E-state index contributed by atoms with van der Waals surface area (Å²) in [5, 5.41) is 7.92. The van der Waals surface area contributed by atoms with Crippen molar-refractivity contribution in [2.75, 3.05) is 13.7 Å². The zero-order chi connectivity index (χ0) is 18.8. The number of H-pyrrole nitrogens is 1. The van der Waals surface area contributed by atoms with E-state index in [-0.39, 0.29) is 23.6 Å². The van der Waals surface area contributed by atoms with E-state index >= 15 is 0 Å². The molecule has 2 aromatic heterocycles. The smallest absolute Gasteiger partial charge is 0.254 e. The summed E-state index contributed by atoms with van der Waals surface area (Å²) in [5.41, 5.74) is 0.838. The van der Waals surface area contributed by atoms with Gasteiger partial charge in [-0.05, 0) is 18.4 Å². The van der Waals surface area contributed by atoms with E-state index in [1.807, 2.05) is 0 Å². The van der Waals surface area contributed by atoms with Gasteiger partial charge < -0.3 is 19.0 Å². The molecule has 3 rings (SSSR count). The van der Waals surface area contributed by atoms with Gasteiger partial charge in [0.2, 0.25) is 17.3 Å². The Labute approximate surface area is 151 Å². The van der Waals surface area contributed by atoms with Crippen molar-refractivity contribution < 1.29 is 13.9 Å². The maximum atomic E-state index is 13.1. The quantitative estimate of drug-likeness (QED) is 0.873. The first-order valence-electron chi connectivity index (χ1n) is 8.74. The highest BCUT2D eigenvalue weighted by Crippen LogP contribution is 2.33. The van der Waals surface area contributed by atoms with Gasteiger partial charge in [0.15, 0.2) is 0 Å². The van der Waals surface area contributed by atoms with Gasteiger partial charge in [0, 0.05) is 44.3 Å². The minimum absolute atomic E-state index is 0.117. The van der Waals surface area contributed by atoms with Crippen LogP contribution in [-0.2, 0) is 11.2 Å². The van der Waals surface area contributed by atoms with Crippen molar-refractivity contribution in [2.45, 2.75) is 45.8 Å². The largest absolute Gasteiger partial charge is 0.423 e. The Morgan fingerprint density at radius 2 is 2.19 bits per heavy atom. The molecule has 1 aliphatic rings. The van der Waals surface area contributed by atoms with Crippen LogP contribution < -0.4 is 5.56 Å². The van der Waals surface area contributed by atoms with Gasteiger partial charge in [-0.3, -0.25) is 9.59 Å². The Hall–Kier alpha value is -2.48. The Bertz CT molecular complexity index is 842. The molecule has 3 heterocycles. The van der Waals surface area contributed by atoms with Gasteiger partial charge >= 0.3 is 0 Å². The number of carbonyl (C=O) groups is 1. The number of amides is 1. The van der Waals surface area contributed by atoms with Gasteiger partial charge in [-0.1, -0.05) is 13.8 Å². The van der Waals surface area contributed by atoms with Gasteiger partial charge in [-0.15, -0.1) is 10.2 Å². The number of aryl methyl sites for hydroxylation is 1. The average molecular weight is 360 g/mol. The molecule has 1 saturated heterocycles. The standard InChI is InChI=1S/C18H24N4O4/c1-10(2)5-13-6-12(7-16(23)19-13)18(24)22-9-14(25-4)8-15(22)17-21-20-11(3)26-17/h6-7,10,14-15H,5,8-9H2,1-4H3,(H,19,23)/t14-,15-/m1/s1. The van der Waals surface area contributed by atoms with Crippen molar-refractivity contribution in [1.29, 1.82) is 0 Å². The number of aromatic amines is 1.